The number of ether oxygens (including phenoxy) is 6. The molecule has 92 heavy (non-hydrogen) atoms. The molecule has 6 aromatic carbocycles. The van der Waals surface area contributed by atoms with Crippen LogP contribution in [0.25, 0.3) is 0 Å². The molecule has 0 aromatic heterocycles. The average Bonchev–Trinajstić information content (AvgIpc) is 1.61. The molecule has 16 heteroatoms. The number of nitrogens with one attached hydrogen (secondary N) is 6. The van der Waals surface area contributed by atoms with Crippen molar-refractivity contribution >= 4 is 23.2 Å². The quantitative estimate of drug-likeness (QED) is 0.0552. The van der Waals surface area contributed by atoms with E-state index in [1.54, 1.807) is 23.3 Å². The Morgan fingerprint density at radius 2 is 0.674 bits per heavy atom. The summed E-state index contributed by atoms with van der Waals surface area (Å²) in [5, 5.41) is 21.2. The molecule has 6 N–H and O–H groups in total. The Balaban J connectivity index is 0.000000113. The molecule has 4 fully saturated rings. The molecule has 0 spiro atoms. The molecule has 0 radical (unpaired) electrons. The van der Waals surface area contributed by atoms with Gasteiger partial charge in [-0.25, -0.2) is 8.78 Å². The molecule has 0 bridgehead atoms. The molecule has 6 aliphatic heterocycles. The van der Waals surface area contributed by atoms with Gasteiger partial charge in [0, 0.05) is 83.7 Å². The third kappa shape index (κ3) is 16.9. The Labute approximate surface area is 555 Å². The van der Waals surface area contributed by atoms with Crippen molar-refractivity contribution in [1.82, 2.24) is 31.9 Å². The molecule has 6 aromatic rings. The number of hydrogen-bond donors (Lipinski definition) is 6. The number of benzene rings is 6. The fourth-order valence-electron chi connectivity index (χ4n) is 14.2. The lowest BCUT2D eigenvalue weighted by molar-refractivity contribution is 0.0357. The van der Waals surface area contributed by atoms with Gasteiger partial charge in [0.05, 0.1) is 76.3 Å². The molecule has 4 saturated carbocycles. The van der Waals surface area contributed by atoms with Crippen LogP contribution in [0.3, 0.4) is 0 Å². The second-order valence-corrected chi connectivity index (χ2v) is 26.9. The SMILES string of the molecule is CNC[C@@H]1OCc2c(C3CCC3)cccc21.CNC[C@@H]1OCc2c(Cl)cccc21.CNC[C@H]1OCc2c(C3CCC3)cccc21.CNC[C@H]1OCc2c(Cl)cccc21.Fc1cccc2c1[C@@H](CNC1CCC1)OCC2.Fc1cccc2c1[C@H](CNC1CCC1)OCC2. The van der Waals surface area contributed by atoms with Crippen molar-refractivity contribution in [3.05, 3.63) is 209 Å². The van der Waals surface area contributed by atoms with Crippen LogP contribution in [-0.4, -0.2) is 92.8 Å². The summed E-state index contributed by atoms with van der Waals surface area (Å²) < 4.78 is 62.0. The lowest BCUT2D eigenvalue weighted by atomic mass is 9.77. The number of likely N-dealkylation sites (N-methyl/N-ethyl adjacent to an activating group) is 4. The van der Waals surface area contributed by atoms with Crippen molar-refractivity contribution in [2.75, 3.05) is 80.7 Å². The maximum absolute atomic E-state index is 13.8. The molecule has 6 atom stereocenters. The summed E-state index contributed by atoms with van der Waals surface area (Å²) in [6.07, 6.45) is 18.2. The normalized spacial score (nSPS) is 23.1. The summed E-state index contributed by atoms with van der Waals surface area (Å²) in [6.45, 7) is 9.30. The van der Waals surface area contributed by atoms with Crippen LogP contribution in [0.5, 0.6) is 0 Å². The highest BCUT2D eigenvalue weighted by atomic mass is 35.5. The van der Waals surface area contributed by atoms with E-state index >= 15 is 0 Å². The Hall–Kier alpha value is -4.72. The lowest BCUT2D eigenvalue weighted by Gasteiger charge is -2.31. The molecular weight excluding hydrogens is 1200 g/mol. The van der Waals surface area contributed by atoms with Gasteiger partial charge >= 0.3 is 0 Å². The van der Waals surface area contributed by atoms with Gasteiger partial charge in [0.2, 0.25) is 0 Å². The molecule has 0 saturated heterocycles. The van der Waals surface area contributed by atoms with E-state index in [1.807, 2.05) is 64.6 Å². The van der Waals surface area contributed by atoms with Gasteiger partial charge in [-0.2, -0.15) is 0 Å². The molecule has 0 unspecified atom stereocenters. The van der Waals surface area contributed by atoms with Gasteiger partial charge in [-0.3, -0.25) is 0 Å². The van der Waals surface area contributed by atoms with Crippen LogP contribution < -0.4 is 31.9 Å². The highest BCUT2D eigenvalue weighted by molar-refractivity contribution is 6.31. The third-order valence-corrected chi connectivity index (χ3v) is 21.0. The summed E-state index contributed by atoms with van der Waals surface area (Å²) in [6, 6.07) is 37.3. The number of rotatable bonds is 16. The van der Waals surface area contributed by atoms with Crippen molar-refractivity contribution in [3.8, 4) is 0 Å². The fraction of sp³-hybridized carbons (Fsp3) is 0.526. The number of halogens is 4. The van der Waals surface area contributed by atoms with E-state index in [-0.39, 0.29) is 48.3 Å². The van der Waals surface area contributed by atoms with Gasteiger partial charge in [-0.15, -0.1) is 0 Å². The van der Waals surface area contributed by atoms with Gasteiger partial charge in [-0.05, 0) is 184 Å². The second kappa shape index (κ2) is 34.3. The van der Waals surface area contributed by atoms with Crippen LogP contribution in [0.2, 0.25) is 10.0 Å². The Kier molecular flexibility index (Phi) is 25.6. The number of hydrogen-bond acceptors (Lipinski definition) is 12. The van der Waals surface area contributed by atoms with Gasteiger partial charge in [-0.1, -0.05) is 134 Å². The predicted molar refractivity (Wildman–Crippen MR) is 364 cm³/mol. The van der Waals surface area contributed by atoms with Gasteiger partial charge in [0.25, 0.3) is 0 Å². The minimum Gasteiger partial charge on any atom is -0.372 e. The van der Waals surface area contributed by atoms with E-state index in [0.29, 0.717) is 38.5 Å². The summed E-state index contributed by atoms with van der Waals surface area (Å²) in [5.41, 5.74) is 17.4. The molecule has 6 heterocycles. The van der Waals surface area contributed by atoms with E-state index in [2.05, 4.69) is 80.4 Å². The zero-order valence-electron chi connectivity index (χ0n) is 54.5. The molecule has 10 aliphatic rings. The van der Waals surface area contributed by atoms with Crippen LogP contribution in [-0.2, 0) is 67.7 Å². The third-order valence-electron chi connectivity index (χ3n) is 20.3. The van der Waals surface area contributed by atoms with Crippen LogP contribution in [0.4, 0.5) is 8.78 Å². The minimum absolute atomic E-state index is 0.111. The first-order chi connectivity index (χ1) is 45.1. The van der Waals surface area contributed by atoms with Gasteiger partial charge in [0.1, 0.15) is 11.6 Å². The molecule has 4 aliphatic carbocycles. The lowest BCUT2D eigenvalue weighted by Crippen LogP contribution is -2.39. The first-order valence-electron chi connectivity index (χ1n) is 34.2. The highest BCUT2D eigenvalue weighted by Crippen LogP contribution is 2.45. The largest absolute Gasteiger partial charge is 0.372 e. The average molecular weight is 1300 g/mol. The van der Waals surface area contributed by atoms with E-state index in [1.165, 1.54) is 123 Å². The maximum atomic E-state index is 13.8. The van der Waals surface area contributed by atoms with Crippen molar-refractivity contribution in [1.29, 1.82) is 0 Å². The van der Waals surface area contributed by atoms with Gasteiger partial charge < -0.3 is 60.3 Å². The maximum Gasteiger partial charge on any atom is 0.129 e. The first-order valence-corrected chi connectivity index (χ1v) is 35.0. The Morgan fingerprint density at radius 3 is 1.00 bits per heavy atom. The summed E-state index contributed by atoms with van der Waals surface area (Å²) in [5.74, 6) is 1.38. The van der Waals surface area contributed by atoms with Crippen molar-refractivity contribution in [3.63, 3.8) is 0 Å². The van der Waals surface area contributed by atoms with Crippen molar-refractivity contribution in [2.24, 2.45) is 0 Å². The monoisotopic (exact) mass is 1300 g/mol. The van der Waals surface area contributed by atoms with E-state index in [0.717, 1.165) is 121 Å². The fourth-order valence-corrected chi connectivity index (χ4v) is 14.6. The molecule has 496 valence electrons. The van der Waals surface area contributed by atoms with Crippen LogP contribution >= 0.6 is 23.2 Å². The predicted octanol–water partition coefficient (Wildman–Crippen LogP) is 14.9. The number of fused-ring (bicyclic) bond motifs is 6. The molecular formula is C76H98Cl2F2N6O6. The van der Waals surface area contributed by atoms with Crippen molar-refractivity contribution in [2.45, 2.75) is 177 Å². The Bertz CT molecular complexity index is 3110. The van der Waals surface area contributed by atoms with Gasteiger partial charge in [0.15, 0.2) is 0 Å². The summed E-state index contributed by atoms with van der Waals surface area (Å²) in [7, 11) is 7.81. The highest BCUT2D eigenvalue weighted by Gasteiger charge is 2.33. The zero-order valence-corrected chi connectivity index (χ0v) is 56.0. The summed E-state index contributed by atoms with van der Waals surface area (Å²) >= 11 is 12.1. The zero-order chi connectivity index (χ0) is 63.8. The van der Waals surface area contributed by atoms with E-state index in [4.69, 9.17) is 51.6 Å². The van der Waals surface area contributed by atoms with E-state index in [9.17, 15) is 8.78 Å². The van der Waals surface area contributed by atoms with Crippen LogP contribution in [0.1, 0.15) is 203 Å². The standard InChI is InChI=1S/2C14H18FNO.2C14H19NO.2C10H12ClNO/c2*15-12-6-1-3-10-7-8-17-13(14(10)12)9-16-11-4-2-5-11;2*1-15-8-14-12-7-3-6-11(10-4-2-5-10)13(12)9-16-14;2*1-12-5-10-7-3-2-4-9(11)8(7)6-13-10/h2*1,3,6,11,13,16H,2,4-5,7-9H2;2*3,6-7,10,14-15H,2,4-5,8-9H2,1H3;2*2-4,10,12H,5-6H2,1H3/t2*13-;2*14-;2*10-/m101010/s1. The van der Waals surface area contributed by atoms with Crippen LogP contribution in [0.15, 0.2) is 109 Å². The second-order valence-electron chi connectivity index (χ2n) is 26.0. The van der Waals surface area contributed by atoms with E-state index < -0.39 is 0 Å². The molecule has 12 nitrogen and oxygen atoms in total. The van der Waals surface area contributed by atoms with Crippen LogP contribution in [0, 0.1) is 11.6 Å². The van der Waals surface area contributed by atoms with Crippen molar-refractivity contribution < 1.29 is 37.2 Å². The smallest absolute Gasteiger partial charge is 0.129 e. The molecule has 16 rings (SSSR count). The molecule has 0 amide bonds. The topological polar surface area (TPSA) is 128 Å². The minimum atomic E-state index is -0.123. The first kappa shape index (κ1) is 68.7. The summed E-state index contributed by atoms with van der Waals surface area (Å²) in [4.78, 5) is 0. The Morgan fingerprint density at radius 1 is 0.359 bits per heavy atom.